The Labute approximate surface area is 120 Å². The van der Waals surface area contributed by atoms with Crippen LogP contribution in [0.4, 0.5) is 0 Å². The molecule has 1 amide bonds. The highest BCUT2D eigenvalue weighted by molar-refractivity contribution is 7.20. The van der Waals surface area contributed by atoms with Gasteiger partial charge in [-0.3, -0.25) is 9.63 Å². The van der Waals surface area contributed by atoms with Crippen molar-refractivity contribution >= 4 is 33.3 Å². The fourth-order valence-electron chi connectivity index (χ4n) is 1.73. The van der Waals surface area contributed by atoms with E-state index < -0.39 is 0 Å². The largest absolute Gasteiger partial charge is 0.462 e. The van der Waals surface area contributed by atoms with Gasteiger partial charge >= 0.3 is 5.97 Å². The number of carbonyl (C=O) groups excluding carboxylic acids is 2. The molecule has 0 atom stereocenters. The maximum Gasteiger partial charge on any atom is 0.348 e. The van der Waals surface area contributed by atoms with Gasteiger partial charge in [0, 0.05) is 17.3 Å². The maximum atomic E-state index is 12.0. The third kappa shape index (κ3) is 2.81. The van der Waals surface area contributed by atoms with Crippen molar-refractivity contribution in [3.8, 4) is 0 Å². The molecule has 20 heavy (non-hydrogen) atoms. The average molecular weight is 293 g/mol. The van der Waals surface area contributed by atoms with Crippen molar-refractivity contribution in [2.45, 2.75) is 6.92 Å². The third-order valence-electron chi connectivity index (χ3n) is 2.80. The number of carbonyl (C=O) groups is 2. The van der Waals surface area contributed by atoms with Gasteiger partial charge in [-0.05, 0) is 30.5 Å². The van der Waals surface area contributed by atoms with Gasteiger partial charge in [0.25, 0.3) is 5.91 Å². The Bertz CT molecular complexity index is 650. The van der Waals surface area contributed by atoms with Crippen LogP contribution in [-0.4, -0.2) is 37.7 Å². The van der Waals surface area contributed by atoms with Crippen LogP contribution in [0.2, 0.25) is 0 Å². The van der Waals surface area contributed by atoms with E-state index >= 15 is 0 Å². The van der Waals surface area contributed by atoms with Crippen molar-refractivity contribution < 1.29 is 19.2 Å². The van der Waals surface area contributed by atoms with Crippen LogP contribution >= 0.6 is 11.3 Å². The molecule has 0 saturated heterocycles. The lowest BCUT2D eigenvalue weighted by Crippen LogP contribution is -2.25. The molecule has 6 heteroatoms. The first-order chi connectivity index (χ1) is 9.56. The van der Waals surface area contributed by atoms with Crippen molar-refractivity contribution in [3.63, 3.8) is 0 Å². The highest BCUT2D eigenvalue weighted by Gasteiger charge is 2.15. The van der Waals surface area contributed by atoms with Crippen molar-refractivity contribution in [1.29, 1.82) is 0 Å². The van der Waals surface area contributed by atoms with E-state index in [4.69, 9.17) is 9.57 Å². The minimum Gasteiger partial charge on any atom is -0.462 e. The summed E-state index contributed by atoms with van der Waals surface area (Å²) in [6.07, 6.45) is 0. The first kappa shape index (κ1) is 14.5. The van der Waals surface area contributed by atoms with Gasteiger partial charge in [-0.25, -0.2) is 9.86 Å². The number of benzene rings is 1. The number of amides is 1. The zero-order valence-electron chi connectivity index (χ0n) is 11.5. The Balaban J connectivity index is 2.35. The second kappa shape index (κ2) is 6.02. The summed E-state index contributed by atoms with van der Waals surface area (Å²) in [5, 5.41) is 2.07. The first-order valence-corrected chi connectivity index (χ1v) is 6.91. The molecule has 0 unspecified atom stereocenters. The van der Waals surface area contributed by atoms with Crippen LogP contribution in [0, 0.1) is 0 Å². The molecule has 2 rings (SSSR count). The van der Waals surface area contributed by atoms with Crippen LogP contribution in [0.15, 0.2) is 24.3 Å². The quantitative estimate of drug-likeness (QED) is 0.642. The van der Waals surface area contributed by atoms with E-state index in [1.54, 1.807) is 32.2 Å². The third-order valence-corrected chi connectivity index (χ3v) is 3.88. The lowest BCUT2D eigenvalue weighted by Gasteiger charge is -2.13. The molecule has 5 nitrogen and oxygen atoms in total. The summed E-state index contributed by atoms with van der Waals surface area (Å²) in [6.45, 7) is 2.11. The Morgan fingerprint density at radius 2 is 2.05 bits per heavy atom. The molecule has 1 heterocycles. The lowest BCUT2D eigenvalue weighted by atomic mass is 10.1. The van der Waals surface area contributed by atoms with E-state index in [-0.39, 0.29) is 11.9 Å². The number of hydroxylamine groups is 2. The van der Waals surface area contributed by atoms with Crippen LogP contribution in [0.1, 0.15) is 27.0 Å². The van der Waals surface area contributed by atoms with Crippen molar-refractivity contribution in [2.75, 3.05) is 20.8 Å². The molecule has 0 radical (unpaired) electrons. The highest BCUT2D eigenvalue weighted by atomic mass is 32.1. The van der Waals surface area contributed by atoms with E-state index in [2.05, 4.69) is 0 Å². The second-order valence-electron chi connectivity index (χ2n) is 4.07. The summed E-state index contributed by atoms with van der Waals surface area (Å²) in [7, 11) is 2.98. The lowest BCUT2D eigenvalue weighted by molar-refractivity contribution is -0.0756. The van der Waals surface area contributed by atoms with Gasteiger partial charge in [0.15, 0.2) is 0 Å². The predicted molar refractivity (Wildman–Crippen MR) is 76.9 cm³/mol. The van der Waals surface area contributed by atoms with Crippen molar-refractivity contribution in [2.24, 2.45) is 0 Å². The highest BCUT2D eigenvalue weighted by Crippen LogP contribution is 2.27. The molecule has 0 aliphatic heterocycles. The smallest absolute Gasteiger partial charge is 0.348 e. The summed E-state index contributed by atoms with van der Waals surface area (Å²) in [6, 6.07) is 7.04. The molecule has 0 N–H and O–H groups in total. The molecule has 1 aromatic carbocycles. The van der Waals surface area contributed by atoms with Gasteiger partial charge in [0.1, 0.15) is 4.88 Å². The molecule has 2 aromatic rings. The van der Waals surface area contributed by atoms with Gasteiger partial charge in [0.2, 0.25) is 0 Å². The zero-order valence-corrected chi connectivity index (χ0v) is 12.3. The summed E-state index contributed by atoms with van der Waals surface area (Å²) in [5.41, 5.74) is 0.513. The van der Waals surface area contributed by atoms with Crippen LogP contribution in [0.25, 0.3) is 10.1 Å². The van der Waals surface area contributed by atoms with E-state index in [0.29, 0.717) is 17.0 Å². The molecule has 0 spiro atoms. The Morgan fingerprint density at radius 3 is 2.70 bits per heavy atom. The van der Waals surface area contributed by atoms with Crippen molar-refractivity contribution in [3.05, 3.63) is 34.7 Å². The molecule has 0 fully saturated rings. The van der Waals surface area contributed by atoms with Crippen LogP contribution in [-0.2, 0) is 9.57 Å². The van der Waals surface area contributed by atoms with Gasteiger partial charge in [0.05, 0.1) is 13.7 Å². The molecular weight excluding hydrogens is 278 g/mol. The Hall–Kier alpha value is -1.92. The topological polar surface area (TPSA) is 55.8 Å². The molecule has 1 aromatic heterocycles. The molecule has 0 saturated carbocycles. The zero-order chi connectivity index (χ0) is 14.7. The van der Waals surface area contributed by atoms with E-state index in [1.165, 1.54) is 18.4 Å². The first-order valence-electron chi connectivity index (χ1n) is 6.09. The number of fused-ring (bicyclic) bond motifs is 1. The number of esters is 1. The number of rotatable bonds is 4. The Morgan fingerprint density at radius 1 is 1.30 bits per heavy atom. The Kier molecular flexibility index (Phi) is 4.36. The number of ether oxygens (including phenoxy) is 1. The SMILES string of the molecule is CCOC(=O)c1cc2ccc(C(=O)N(C)OC)cc2s1. The van der Waals surface area contributed by atoms with E-state index in [9.17, 15) is 9.59 Å². The number of nitrogens with zero attached hydrogens (tertiary/aromatic N) is 1. The monoisotopic (exact) mass is 293 g/mol. The number of thiophene rings is 1. The van der Waals surface area contributed by atoms with Crippen LogP contribution in [0.5, 0.6) is 0 Å². The molecular formula is C14H15NO4S. The minimum atomic E-state index is -0.337. The fourth-order valence-corrected chi connectivity index (χ4v) is 2.73. The summed E-state index contributed by atoms with van der Waals surface area (Å²) >= 11 is 1.31. The van der Waals surface area contributed by atoms with E-state index in [1.807, 2.05) is 6.07 Å². The molecule has 0 bridgehead atoms. The molecule has 0 aliphatic carbocycles. The molecule has 0 aliphatic rings. The second-order valence-corrected chi connectivity index (χ2v) is 5.15. The summed E-state index contributed by atoms with van der Waals surface area (Å²) in [5.74, 6) is -0.573. The normalized spacial score (nSPS) is 10.6. The summed E-state index contributed by atoms with van der Waals surface area (Å²) < 4.78 is 5.83. The molecule has 106 valence electrons. The number of hydrogen-bond acceptors (Lipinski definition) is 5. The van der Waals surface area contributed by atoms with Crippen molar-refractivity contribution in [1.82, 2.24) is 5.06 Å². The van der Waals surface area contributed by atoms with Gasteiger partial charge in [-0.1, -0.05) is 6.07 Å². The van der Waals surface area contributed by atoms with Gasteiger partial charge in [-0.15, -0.1) is 11.3 Å². The van der Waals surface area contributed by atoms with Crippen LogP contribution < -0.4 is 0 Å². The summed E-state index contributed by atoms with van der Waals surface area (Å²) in [4.78, 5) is 29.1. The van der Waals surface area contributed by atoms with Gasteiger partial charge in [-0.2, -0.15) is 0 Å². The minimum absolute atomic E-state index is 0.236. The standard InChI is InChI=1S/C14H15NO4S/c1-4-19-14(17)12-7-9-5-6-10(8-11(9)20-12)13(16)15(2)18-3/h5-8H,4H2,1-3H3. The average Bonchev–Trinajstić information content (AvgIpc) is 2.88. The predicted octanol–water partition coefficient (Wildman–Crippen LogP) is 2.71. The maximum absolute atomic E-state index is 12.0. The fraction of sp³-hybridized carbons (Fsp3) is 0.286. The van der Waals surface area contributed by atoms with E-state index in [0.717, 1.165) is 15.1 Å². The number of hydrogen-bond donors (Lipinski definition) is 0. The van der Waals surface area contributed by atoms with Gasteiger partial charge < -0.3 is 4.74 Å². The van der Waals surface area contributed by atoms with Crippen LogP contribution in [0.3, 0.4) is 0 Å².